The molecule has 1 heterocycles. The van der Waals surface area contributed by atoms with Gasteiger partial charge in [0.15, 0.2) is 0 Å². The molecular formula is C11H12N2S. The standard InChI is InChI=1S/C11H12N2S/c1-9(14)10-7-12-13(8-10)11-5-3-2-4-6-11/h2-9,14H,1H3. The molecule has 1 aromatic heterocycles. The smallest absolute Gasteiger partial charge is 0.0645 e. The minimum absolute atomic E-state index is 0.229. The highest BCUT2D eigenvalue weighted by molar-refractivity contribution is 7.80. The fourth-order valence-corrected chi connectivity index (χ4v) is 1.41. The molecule has 0 saturated carbocycles. The van der Waals surface area contributed by atoms with E-state index in [1.54, 1.807) is 0 Å². The number of hydrogen-bond donors (Lipinski definition) is 1. The predicted octanol–water partition coefficient (Wildman–Crippen LogP) is 2.86. The first-order valence-electron chi connectivity index (χ1n) is 4.55. The second-order valence-corrected chi connectivity index (χ2v) is 4.00. The SMILES string of the molecule is CC(S)c1cnn(-c2ccccc2)c1. The molecule has 0 spiro atoms. The Hall–Kier alpha value is -1.22. The Kier molecular flexibility index (Phi) is 2.59. The number of thiol groups is 1. The van der Waals surface area contributed by atoms with Gasteiger partial charge in [0.05, 0.1) is 11.9 Å². The van der Waals surface area contributed by atoms with Gasteiger partial charge in [0.25, 0.3) is 0 Å². The van der Waals surface area contributed by atoms with E-state index in [2.05, 4.69) is 17.7 Å². The molecule has 3 heteroatoms. The molecule has 0 aliphatic rings. The molecule has 0 aliphatic heterocycles. The maximum atomic E-state index is 4.36. The maximum absolute atomic E-state index is 4.36. The lowest BCUT2D eigenvalue weighted by molar-refractivity contribution is 0.880. The summed E-state index contributed by atoms with van der Waals surface area (Å²) in [6, 6.07) is 10.1. The first-order chi connectivity index (χ1) is 6.77. The Morgan fingerprint density at radius 2 is 2.00 bits per heavy atom. The number of hydrogen-bond acceptors (Lipinski definition) is 2. The zero-order valence-corrected chi connectivity index (χ0v) is 8.85. The van der Waals surface area contributed by atoms with E-state index in [4.69, 9.17) is 0 Å². The van der Waals surface area contributed by atoms with E-state index in [0.717, 1.165) is 11.3 Å². The fraction of sp³-hybridized carbons (Fsp3) is 0.182. The summed E-state index contributed by atoms with van der Waals surface area (Å²) in [4.78, 5) is 0. The normalized spacial score (nSPS) is 12.7. The van der Waals surface area contributed by atoms with Crippen LogP contribution in [0.3, 0.4) is 0 Å². The number of benzene rings is 1. The summed E-state index contributed by atoms with van der Waals surface area (Å²) in [6.45, 7) is 2.04. The van der Waals surface area contributed by atoms with Crippen LogP contribution in [0, 0.1) is 0 Å². The topological polar surface area (TPSA) is 17.8 Å². The van der Waals surface area contributed by atoms with E-state index in [1.807, 2.05) is 54.3 Å². The van der Waals surface area contributed by atoms with Crippen LogP contribution >= 0.6 is 12.6 Å². The Labute approximate surface area is 89.0 Å². The maximum Gasteiger partial charge on any atom is 0.0645 e. The van der Waals surface area contributed by atoms with E-state index in [9.17, 15) is 0 Å². The van der Waals surface area contributed by atoms with Crippen molar-refractivity contribution in [3.8, 4) is 5.69 Å². The summed E-state index contributed by atoms with van der Waals surface area (Å²) >= 11 is 4.36. The molecule has 1 unspecified atom stereocenters. The lowest BCUT2D eigenvalue weighted by Crippen LogP contribution is -1.92. The third kappa shape index (κ3) is 1.82. The van der Waals surface area contributed by atoms with E-state index in [1.165, 1.54) is 0 Å². The van der Waals surface area contributed by atoms with Gasteiger partial charge in [-0.3, -0.25) is 0 Å². The van der Waals surface area contributed by atoms with Gasteiger partial charge in [-0.2, -0.15) is 17.7 Å². The van der Waals surface area contributed by atoms with Crippen LogP contribution in [-0.2, 0) is 0 Å². The van der Waals surface area contributed by atoms with E-state index in [0.29, 0.717) is 0 Å². The van der Waals surface area contributed by atoms with Crippen molar-refractivity contribution in [2.24, 2.45) is 0 Å². The minimum Gasteiger partial charge on any atom is -0.241 e. The Morgan fingerprint density at radius 1 is 1.29 bits per heavy atom. The molecule has 0 bridgehead atoms. The van der Waals surface area contributed by atoms with Gasteiger partial charge in [-0.15, -0.1) is 0 Å². The highest BCUT2D eigenvalue weighted by Crippen LogP contribution is 2.18. The minimum atomic E-state index is 0.229. The third-order valence-corrected chi connectivity index (χ3v) is 2.40. The van der Waals surface area contributed by atoms with Crippen molar-refractivity contribution >= 4 is 12.6 Å². The molecule has 1 atom stereocenters. The molecule has 2 nitrogen and oxygen atoms in total. The number of aromatic nitrogens is 2. The molecule has 2 rings (SSSR count). The average Bonchev–Trinajstić information content (AvgIpc) is 2.68. The molecule has 14 heavy (non-hydrogen) atoms. The van der Waals surface area contributed by atoms with E-state index < -0.39 is 0 Å². The highest BCUT2D eigenvalue weighted by Gasteiger charge is 2.03. The highest BCUT2D eigenvalue weighted by atomic mass is 32.1. The van der Waals surface area contributed by atoms with Crippen molar-refractivity contribution in [1.82, 2.24) is 9.78 Å². The van der Waals surface area contributed by atoms with Crippen molar-refractivity contribution in [1.29, 1.82) is 0 Å². The lowest BCUT2D eigenvalue weighted by Gasteiger charge is -2.00. The summed E-state index contributed by atoms with van der Waals surface area (Å²) in [7, 11) is 0. The summed E-state index contributed by atoms with van der Waals surface area (Å²) < 4.78 is 1.86. The van der Waals surface area contributed by atoms with Gasteiger partial charge in [-0.1, -0.05) is 18.2 Å². The third-order valence-electron chi connectivity index (χ3n) is 2.11. The van der Waals surface area contributed by atoms with Gasteiger partial charge in [-0.05, 0) is 19.1 Å². The van der Waals surface area contributed by atoms with Gasteiger partial charge in [0, 0.05) is 17.0 Å². The van der Waals surface area contributed by atoms with Crippen LogP contribution in [0.25, 0.3) is 5.69 Å². The Bertz CT molecular complexity index is 406. The zero-order valence-electron chi connectivity index (χ0n) is 7.96. The molecule has 0 saturated heterocycles. The largest absolute Gasteiger partial charge is 0.241 e. The van der Waals surface area contributed by atoms with Crippen LogP contribution < -0.4 is 0 Å². The number of para-hydroxylation sites is 1. The summed E-state index contributed by atoms with van der Waals surface area (Å²) in [5, 5.41) is 4.50. The van der Waals surface area contributed by atoms with Crippen molar-refractivity contribution in [2.75, 3.05) is 0 Å². The van der Waals surface area contributed by atoms with Gasteiger partial charge in [-0.25, -0.2) is 4.68 Å². The van der Waals surface area contributed by atoms with Crippen molar-refractivity contribution < 1.29 is 0 Å². The van der Waals surface area contributed by atoms with Crippen molar-refractivity contribution in [3.05, 3.63) is 48.3 Å². The molecule has 1 aromatic carbocycles. The second-order valence-electron chi connectivity index (χ2n) is 3.23. The first kappa shape index (κ1) is 9.34. The Morgan fingerprint density at radius 3 is 2.57 bits per heavy atom. The van der Waals surface area contributed by atoms with Crippen molar-refractivity contribution in [3.63, 3.8) is 0 Å². The van der Waals surface area contributed by atoms with Gasteiger partial charge in [0.1, 0.15) is 0 Å². The van der Waals surface area contributed by atoms with Crippen LogP contribution in [0.2, 0.25) is 0 Å². The first-order valence-corrected chi connectivity index (χ1v) is 5.07. The van der Waals surface area contributed by atoms with Crippen LogP contribution in [0.1, 0.15) is 17.7 Å². The molecule has 2 aromatic rings. The lowest BCUT2D eigenvalue weighted by atomic mass is 10.3. The van der Waals surface area contributed by atoms with Crippen LogP contribution in [0.15, 0.2) is 42.7 Å². The average molecular weight is 204 g/mol. The molecule has 0 N–H and O–H groups in total. The number of nitrogens with zero attached hydrogens (tertiary/aromatic N) is 2. The molecule has 0 amide bonds. The Balaban J connectivity index is 2.34. The summed E-state index contributed by atoms with van der Waals surface area (Å²) in [5.41, 5.74) is 2.21. The van der Waals surface area contributed by atoms with Gasteiger partial charge >= 0.3 is 0 Å². The summed E-state index contributed by atoms with van der Waals surface area (Å²) in [5.74, 6) is 0. The van der Waals surface area contributed by atoms with E-state index in [-0.39, 0.29) is 5.25 Å². The number of rotatable bonds is 2. The van der Waals surface area contributed by atoms with Crippen molar-refractivity contribution in [2.45, 2.75) is 12.2 Å². The zero-order chi connectivity index (χ0) is 9.97. The second kappa shape index (κ2) is 3.88. The van der Waals surface area contributed by atoms with Gasteiger partial charge < -0.3 is 0 Å². The molecule has 0 fully saturated rings. The molecule has 0 radical (unpaired) electrons. The van der Waals surface area contributed by atoms with Crippen LogP contribution in [0.4, 0.5) is 0 Å². The molecule has 0 aliphatic carbocycles. The van der Waals surface area contributed by atoms with Gasteiger partial charge in [0.2, 0.25) is 0 Å². The van der Waals surface area contributed by atoms with E-state index >= 15 is 0 Å². The predicted molar refractivity (Wildman–Crippen MR) is 61.0 cm³/mol. The fourth-order valence-electron chi connectivity index (χ4n) is 1.27. The van der Waals surface area contributed by atoms with Crippen LogP contribution in [-0.4, -0.2) is 9.78 Å². The van der Waals surface area contributed by atoms with Crippen LogP contribution in [0.5, 0.6) is 0 Å². The summed E-state index contributed by atoms with van der Waals surface area (Å²) in [6.07, 6.45) is 3.86. The quantitative estimate of drug-likeness (QED) is 0.745. The monoisotopic (exact) mass is 204 g/mol. The molecular weight excluding hydrogens is 192 g/mol. The molecule has 72 valence electrons.